The van der Waals surface area contributed by atoms with E-state index in [-0.39, 0.29) is 5.91 Å². The first-order valence-corrected chi connectivity index (χ1v) is 5.56. The quantitative estimate of drug-likeness (QED) is 0.773. The largest absolute Gasteiger partial charge is 0.467 e. The van der Waals surface area contributed by atoms with Crippen LogP contribution in [-0.2, 0) is 9.53 Å². The summed E-state index contributed by atoms with van der Waals surface area (Å²) in [6, 6.07) is 7.79. The van der Waals surface area contributed by atoms with Crippen LogP contribution >= 0.6 is 0 Å². The van der Waals surface area contributed by atoms with Crippen LogP contribution in [0.25, 0.3) is 0 Å². The fourth-order valence-electron chi connectivity index (χ4n) is 1.39. The molecule has 18 heavy (non-hydrogen) atoms. The molecule has 0 bridgehead atoms. The molecular formula is C13H17NO4. The summed E-state index contributed by atoms with van der Waals surface area (Å²) in [5.41, 5.74) is -1.30. The molecule has 0 fully saturated rings. The summed E-state index contributed by atoms with van der Waals surface area (Å²) < 4.78 is 4.48. The third kappa shape index (κ3) is 3.07. The molecule has 1 rings (SSSR count). The predicted molar refractivity (Wildman–Crippen MR) is 66.0 cm³/mol. The number of amides is 1. The zero-order chi connectivity index (χ0) is 13.8. The molecule has 0 saturated heterocycles. The second-order valence-corrected chi connectivity index (χ2v) is 4.20. The summed E-state index contributed by atoms with van der Waals surface area (Å²) in [5.74, 6) is -1.14. The van der Waals surface area contributed by atoms with Crippen molar-refractivity contribution in [3.8, 4) is 0 Å². The summed E-state index contributed by atoms with van der Waals surface area (Å²) in [6.45, 7) is 2.84. The molecule has 0 heterocycles. The zero-order valence-corrected chi connectivity index (χ0v) is 10.6. The Morgan fingerprint density at radius 1 is 1.33 bits per heavy atom. The Kier molecular flexibility index (Phi) is 4.44. The number of carbonyl (C=O) groups is 2. The first kappa shape index (κ1) is 14.2. The van der Waals surface area contributed by atoms with E-state index in [0.29, 0.717) is 5.56 Å². The highest BCUT2D eigenvalue weighted by Crippen LogP contribution is 2.12. The highest BCUT2D eigenvalue weighted by atomic mass is 16.5. The van der Waals surface area contributed by atoms with Gasteiger partial charge in [-0.05, 0) is 26.0 Å². The van der Waals surface area contributed by atoms with E-state index in [1.165, 1.54) is 21.0 Å². The van der Waals surface area contributed by atoms with Crippen LogP contribution < -0.4 is 5.32 Å². The number of hydrogen-bond donors (Lipinski definition) is 2. The molecule has 5 nitrogen and oxygen atoms in total. The van der Waals surface area contributed by atoms with Crippen molar-refractivity contribution in [3.05, 3.63) is 35.9 Å². The summed E-state index contributed by atoms with van der Waals surface area (Å²) in [5, 5.41) is 12.5. The molecule has 5 heteroatoms. The lowest BCUT2D eigenvalue weighted by Gasteiger charge is -2.28. The van der Waals surface area contributed by atoms with Crippen LogP contribution in [0.15, 0.2) is 30.3 Å². The molecule has 2 N–H and O–H groups in total. The standard InChI is InChI=1S/C13H17NO4/c1-9(13(2,17)12(16)18-3)14-11(15)10-7-5-4-6-8-10/h4-9,17H,1-3H3,(H,14,15)/t9-,13-/m0/s1. The van der Waals surface area contributed by atoms with Crippen LogP contribution in [-0.4, -0.2) is 35.7 Å². The Balaban J connectivity index is 2.74. The third-order valence-corrected chi connectivity index (χ3v) is 2.83. The van der Waals surface area contributed by atoms with Crippen molar-refractivity contribution in [2.24, 2.45) is 0 Å². The van der Waals surface area contributed by atoms with E-state index in [4.69, 9.17) is 0 Å². The number of ether oxygens (including phenoxy) is 1. The van der Waals surface area contributed by atoms with Crippen LogP contribution in [0.5, 0.6) is 0 Å². The van der Waals surface area contributed by atoms with Gasteiger partial charge >= 0.3 is 5.97 Å². The Labute approximate surface area is 106 Å². The van der Waals surface area contributed by atoms with Crippen molar-refractivity contribution in [2.45, 2.75) is 25.5 Å². The molecule has 1 aromatic carbocycles. The van der Waals surface area contributed by atoms with Gasteiger partial charge in [-0.3, -0.25) is 4.79 Å². The molecule has 0 saturated carbocycles. The van der Waals surface area contributed by atoms with Gasteiger partial charge in [-0.15, -0.1) is 0 Å². The van der Waals surface area contributed by atoms with Gasteiger partial charge < -0.3 is 15.2 Å². The number of aliphatic hydroxyl groups is 1. The number of nitrogens with one attached hydrogen (secondary N) is 1. The molecule has 1 aromatic rings. The van der Waals surface area contributed by atoms with Gasteiger partial charge in [0.25, 0.3) is 5.91 Å². The lowest BCUT2D eigenvalue weighted by molar-refractivity contribution is -0.162. The van der Waals surface area contributed by atoms with Crippen molar-refractivity contribution in [2.75, 3.05) is 7.11 Å². The van der Waals surface area contributed by atoms with E-state index < -0.39 is 17.6 Å². The summed E-state index contributed by atoms with van der Waals surface area (Å²) in [4.78, 5) is 23.2. The first-order valence-electron chi connectivity index (χ1n) is 5.56. The van der Waals surface area contributed by atoms with Gasteiger partial charge in [0.1, 0.15) is 0 Å². The smallest absolute Gasteiger partial charge is 0.339 e. The predicted octanol–water partition coefficient (Wildman–Crippen LogP) is 0.729. The average molecular weight is 251 g/mol. The SMILES string of the molecule is COC(=O)[C@@](C)(O)[C@H](C)NC(=O)c1ccccc1. The highest BCUT2D eigenvalue weighted by Gasteiger charge is 2.38. The molecular weight excluding hydrogens is 234 g/mol. The maximum Gasteiger partial charge on any atom is 0.339 e. The topological polar surface area (TPSA) is 75.6 Å². The van der Waals surface area contributed by atoms with Gasteiger partial charge in [0, 0.05) is 5.56 Å². The first-order chi connectivity index (χ1) is 8.39. The number of benzene rings is 1. The molecule has 0 radical (unpaired) electrons. The maximum atomic E-state index is 11.8. The van der Waals surface area contributed by atoms with Gasteiger partial charge in [0.15, 0.2) is 5.60 Å². The lowest BCUT2D eigenvalue weighted by Crippen LogP contribution is -2.54. The minimum Gasteiger partial charge on any atom is -0.467 e. The highest BCUT2D eigenvalue weighted by molar-refractivity contribution is 5.95. The van der Waals surface area contributed by atoms with Gasteiger partial charge in [-0.25, -0.2) is 4.79 Å². The van der Waals surface area contributed by atoms with E-state index in [1.54, 1.807) is 30.3 Å². The lowest BCUT2D eigenvalue weighted by atomic mass is 9.98. The van der Waals surface area contributed by atoms with Crippen LogP contribution in [0.4, 0.5) is 0 Å². The number of hydrogen-bond acceptors (Lipinski definition) is 4. The van der Waals surface area contributed by atoms with E-state index >= 15 is 0 Å². The zero-order valence-electron chi connectivity index (χ0n) is 10.6. The van der Waals surface area contributed by atoms with Crippen molar-refractivity contribution in [3.63, 3.8) is 0 Å². The number of carbonyl (C=O) groups excluding carboxylic acids is 2. The molecule has 98 valence electrons. The molecule has 0 aliphatic heterocycles. The van der Waals surface area contributed by atoms with E-state index in [9.17, 15) is 14.7 Å². The second kappa shape index (κ2) is 5.64. The number of esters is 1. The van der Waals surface area contributed by atoms with Crippen LogP contribution in [0.2, 0.25) is 0 Å². The Morgan fingerprint density at radius 3 is 2.39 bits per heavy atom. The van der Waals surface area contributed by atoms with E-state index in [2.05, 4.69) is 10.1 Å². The number of methoxy groups -OCH3 is 1. The van der Waals surface area contributed by atoms with Gasteiger partial charge in [-0.2, -0.15) is 0 Å². The normalized spacial score (nSPS) is 15.3. The monoisotopic (exact) mass is 251 g/mol. The van der Waals surface area contributed by atoms with Gasteiger partial charge in [-0.1, -0.05) is 18.2 Å². The maximum absolute atomic E-state index is 11.8. The van der Waals surface area contributed by atoms with E-state index in [1.807, 2.05) is 0 Å². The minimum atomic E-state index is -1.76. The Bertz CT molecular complexity index is 428. The molecule has 2 atom stereocenters. The molecule has 0 spiro atoms. The molecule has 0 unspecified atom stereocenters. The minimum absolute atomic E-state index is 0.354. The average Bonchev–Trinajstić information content (AvgIpc) is 2.38. The van der Waals surface area contributed by atoms with Crippen molar-refractivity contribution < 1.29 is 19.4 Å². The molecule has 0 aromatic heterocycles. The Hall–Kier alpha value is -1.88. The van der Waals surface area contributed by atoms with Crippen molar-refractivity contribution in [1.29, 1.82) is 0 Å². The van der Waals surface area contributed by atoms with Crippen LogP contribution in [0, 0.1) is 0 Å². The van der Waals surface area contributed by atoms with E-state index in [0.717, 1.165) is 0 Å². The third-order valence-electron chi connectivity index (χ3n) is 2.83. The van der Waals surface area contributed by atoms with Crippen molar-refractivity contribution in [1.82, 2.24) is 5.32 Å². The Morgan fingerprint density at radius 2 is 1.89 bits per heavy atom. The summed E-state index contributed by atoms with van der Waals surface area (Å²) >= 11 is 0. The summed E-state index contributed by atoms with van der Waals surface area (Å²) in [7, 11) is 1.18. The molecule has 0 aliphatic carbocycles. The fourth-order valence-corrected chi connectivity index (χ4v) is 1.39. The number of rotatable bonds is 4. The van der Waals surface area contributed by atoms with Crippen molar-refractivity contribution >= 4 is 11.9 Å². The molecule has 1 amide bonds. The van der Waals surface area contributed by atoms with Crippen LogP contribution in [0.1, 0.15) is 24.2 Å². The van der Waals surface area contributed by atoms with Gasteiger partial charge in [0.2, 0.25) is 0 Å². The van der Waals surface area contributed by atoms with Gasteiger partial charge in [0.05, 0.1) is 13.2 Å². The second-order valence-electron chi connectivity index (χ2n) is 4.20. The van der Waals surface area contributed by atoms with Crippen LogP contribution in [0.3, 0.4) is 0 Å². The summed E-state index contributed by atoms with van der Waals surface area (Å²) in [6.07, 6.45) is 0. The fraction of sp³-hybridized carbons (Fsp3) is 0.385. The molecule has 0 aliphatic rings.